The van der Waals surface area contributed by atoms with Gasteiger partial charge in [0.1, 0.15) is 6.04 Å². The third-order valence-electron chi connectivity index (χ3n) is 3.25. The van der Waals surface area contributed by atoms with Gasteiger partial charge >= 0.3 is 5.97 Å². The Labute approximate surface area is 130 Å². The monoisotopic (exact) mass is 317 g/mol. The summed E-state index contributed by atoms with van der Waals surface area (Å²) >= 11 is 0. The number of aliphatic carboxylic acids is 1. The smallest absolute Gasteiger partial charge is 0.306 e. The van der Waals surface area contributed by atoms with E-state index in [2.05, 4.69) is 10.6 Å². The molecular weight excluding hydrogens is 290 g/mol. The number of aliphatic hydroxyl groups excluding tert-OH is 1. The summed E-state index contributed by atoms with van der Waals surface area (Å²) in [5, 5.41) is 23.5. The Bertz CT molecular complexity index is 375. The molecule has 3 atom stereocenters. The Balaban J connectivity index is 4.58. The van der Waals surface area contributed by atoms with E-state index in [1.54, 1.807) is 6.92 Å². The van der Waals surface area contributed by atoms with Crippen molar-refractivity contribution in [1.29, 1.82) is 0 Å². The fourth-order valence-corrected chi connectivity index (χ4v) is 1.83. The SMILES string of the molecule is CCC(=O)N[C@@H](CCCCN)C(=O)N[C@@H](C)[C@@H](O)CC(=O)O. The van der Waals surface area contributed by atoms with Gasteiger partial charge in [0, 0.05) is 6.42 Å². The number of unbranched alkanes of at least 4 members (excludes halogenated alkanes) is 1. The van der Waals surface area contributed by atoms with Crippen LogP contribution in [0.5, 0.6) is 0 Å². The van der Waals surface area contributed by atoms with Gasteiger partial charge in [0.25, 0.3) is 0 Å². The van der Waals surface area contributed by atoms with Gasteiger partial charge in [-0.3, -0.25) is 14.4 Å². The summed E-state index contributed by atoms with van der Waals surface area (Å²) in [5.74, 6) is -1.82. The van der Waals surface area contributed by atoms with Crippen LogP contribution in [-0.2, 0) is 14.4 Å². The van der Waals surface area contributed by atoms with Crippen LogP contribution in [0.25, 0.3) is 0 Å². The molecule has 0 heterocycles. The van der Waals surface area contributed by atoms with Crippen LogP contribution >= 0.6 is 0 Å². The number of carbonyl (C=O) groups is 3. The van der Waals surface area contributed by atoms with Crippen LogP contribution in [0.2, 0.25) is 0 Å². The minimum Gasteiger partial charge on any atom is -0.481 e. The molecule has 0 aliphatic rings. The molecule has 0 saturated heterocycles. The molecule has 0 aliphatic heterocycles. The fourth-order valence-electron chi connectivity index (χ4n) is 1.83. The number of carbonyl (C=O) groups excluding carboxylic acids is 2. The molecule has 2 amide bonds. The number of rotatable bonds is 11. The second-order valence-corrected chi connectivity index (χ2v) is 5.22. The Morgan fingerprint density at radius 1 is 1.18 bits per heavy atom. The molecule has 0 aliphatic carbocycles. The van der Waals surface area contributed by atoms with Crippen LogP contribution in [-0.4, -0.2) is 52.7 Å². The first-order valence-corrected chi connectivity index (χ1v) is 7.51. The molecule has 128 valence electrons. The van der Waals surface area contributed by atoms with Gasteiger partial charge in [-0.1, -0.05) is 6.92 Å². The number of hydrogen-bond acceptors (Lipinski definition) is 5. The zero-order chi connectivity index (χ0) is 17.1. The lowest BCUT2D eigenvalue weighted by Crippen LogP contribution is -2.51. The van der Waals surface area contributed by atoms with Crippen molar-refractivity contribution in [1.82, 2.24) is 10.6 Å². The van der Waals surface area contributed by atoms with E-state index in [0.717, 1.165) is 6.42 Å². The summed E-state index contributed by atoms with van der Waals surface area (Å²) in [7, 11) is 0. The van der Waals surface area contributed by atoms with Crippen molar-refractivity contribution in [3.8, 4) is 0 Å². The number of nitrogens with two attached hydrogens (primary N) is 1. The van der Waals surface area contributed by atoms with Gasteiger partial charge in [-0.15, -0.1) is 0 Å². The van der Waals surface area contributed by atoms with Crippen molar-refractivity contribution >= 4 is 17.8 Å². The van der Waals surface area contributed by atoms with Gasteiger partial charge in [-0.2, -0.15) is 0 Å². The van der Waals surface area contributed by atoms with Crippen molar-refractivity contribution in [2.45, 2.75) is 64.1 Å². The minimum absolute atomic E-state index is 0.244. The third-order valence-corrected chi connectivity index (χ3v) is 3.25. The van der Waals surface area contributed by atoms with Gasteiger partial charge in [0.15, 0.2) is 0 Å². The highest BCUT2D eigenvalue weighted by atomic mass is 16.4. The van der Waals surface area contributed by atoms with Crippen LogP contribution in [0.4, 0.5) is 0 Å². The second-order valence-electron chi connectivity index (χ2n) is 5.22. The molecule has 0 aromatic heterocycles. The summed E-state index contributed by atoms with van der Waals surface area (Å²) in [6.45, 7) is 3.71. The fraction of sp³-hybridized carbons (Fsp3) is 0.786. The van der Waals surface area contributed by atoms with E-state index < -0.39 is 36.5 Å². The molecule has 0 unspecified atom stereocenters. The van der Waals surface area contributed by atoms with Crippen molar-refractivity contribution in [3.63, 3.8) is 0 Å². The standard InChI is InChI=1S/C14H27N3O5/c1-3-12(19)17-10(6-4-5-7-15)14(22)16-9(2)11(18)8-13(20)21/h9-11,18H,3-8,15H2,1-2H3,(H,16,22)(H,17,19)(H,20,21)/t9-,10-,11-/m0/s1. The Morgan fingerprint density at radius 2 is 1.82 bits per heavy atom. The van der Waals surface area contributed by atoms with E-state index in [1.165, 1.54) is 6.92 Å². The van der Waals surface area contributed by atoms with Crippen LogP contribution in [0, 0.1) is 0 Å². The molecule has 22 heavy (non-hydrogen) atoms. The number of carboxylic acids is 1. The molecule has 0 aromatic rings. The summed E-state index contributed by atoms with van der Waals surface area (Å²) < 4.78 is 0. The molecule has 0 spiro atoms. The van der Waals surface area contributed by atoms with Crippen LogP contribution < -0.4 is 16.4 Å². The topological polar surface area (TPSA) is 142 Å². The molecule has 6 N–H and O–H groups in total. The van der Waals surface area contributed by atoms with E-state index >= 15 is 0 Å². The van der Waals surface area contributed by atoms with Gasteiger partial charge in [-0.05, 0) is 32.7 Å². The van der Waals surface area contributed by atoms with Crippen LogP contribution in [0.15, 0.2) is 0 Å². The summed E-state index contributed by atoms with van der Waals surface area (Å²) in [6, 6.07) is -1.43. The molecule has 0 radical (unpaired) electrons. The first-order valence-electron chi connectivity index (χ1n) is 7.51. The number of aliphatic hydroxyl groups is 1. The van der Waals surface area contributed by atoms with E-state index in [0.29, 0.717) is 19.4 Å². The zero-order valence-corrected chi connectivity index (χ0v) is 13.2. The van der Waals surface area contributed by atoms with Crippen molar-refractivity contribution in [2.24, 2.45) is 5.73 Å². The predicted molar refractivity (Wildman–Crippen MR) is 81.0 cm³/mol. The van der Waals surface area contributed by atoms with Crippen molar-refractivity contribution in [3.05, 3.63) is 0 Å². The molecule has 0 saturated carbocycles. The van der Waals surface area contributed by atoms with E-state index in [4.69, 9.17) is 10.8 Å². The maximum Gasteiger partial charge on any atom is 0.306 e. The lowest BCUT2D eigenvalue weighted by Gasteiger charge is -2.23. The normalized spacial score (nSPS) is 14.7. The molecule has 0 rings (SSSR count). The number of amides is 2. The van der Waals surface area contributed by atoms with Gasteiger partial charge < -0.3 is 26.6 Å². The average Bonchev–Trinajstić information content (AvgIpc) is 2.45. The highest BCUT2D eigenvalue weighted by Crippen LogP contribution is 2.04. The van der Waals surface area contributed by atoms with E-state index in [9.17, 15) is 19.5 Å². The second kappa shape index (κ2) is 11.0. The largest absolute Gasteiger partial charge is 0.481 e. The Morgan fingerprint density at radius 3 is 2.32 bits per heavy atom. The van der Waals surface area contributed by atoms with Crippen LogP contribution in [0.1, 0.15) is 46.0 Å². The number of carboxylic acid groups (broad SMARTS) is 1. The van der Waals surface area contributed by atoms with Gasteiger partial charge in [0.05, 0.1) is 18.6 Å². The van der Waals surface area contributed by atoms with Crippen LogP contribution in [0.3, 0.4) is 0 Å². The molecule has 8 heteroatoms. The molecule has 0 bridgehead atoms. The molecular formula is C14H27N3O5. The molecule has 0 aromatic carbocycles. The van der Waals surface area contributed by atoms with E-state index in [1.807, 2.05) is 0 Å². The van der Waals surface area contributed by atoms with Gasteiger partial charge in [-0.25, -0.2) is 0 Å². The molecule has 8 nitrogen and oxygen atoms in total. The highest BCUT2D eigenvalue weighted by Gasteiger charge is 2.24. The summed E-state index contributed by atoms with van der Waals surface area (Å²) in [6.07, 6.45) is 0.482. The minimum atomic E-state index is -1.19. The lowest BCUT2D eigenvalue weighted by atomic mass is 10.1. The van der Waals surface area contributed by atoms with Crippen molar-refractivity contribution < 1.29 is 24.6 Å². The molecule has 0 fully saturated rings. The highest BCUT2D eigenvalue weighted by molar-refractivity contribution is 5.87. The third kappa shape index (κ3) is 8.58. The quantitative estimate of drug-likeness (QED) is 0.321. The Hall–Kier alpha value is -1.67. The zero-order valence-electron chi connectivity index (χ0n) is 13.2. The number of hydrogen-bond donors (Lipinski definition) is 5. The average molecular weight is 317 g/mol. The maximum atomic E-state index is 12.2. The van der Waals surface area contributed by atoms with Gasteiger partial charge in [0.2, 0.25) is 11.8 Å². The van der Waals surface area contributed by atoms with Crippen molar-refractivity contribution in [2.75, 3.05) is 6.54 Å². The lowest BCUT2D eigenvalue weighted by molar-refractivity contribution is -0.140. The number of nitrogens with one attached hydrogen (secondary N) is 2. The first-order chi connectivity index (χ1) is 10.3. The predicted octanol–water partition coefficient (Wildman–Crippen LogP) is -0.649. The Kier molecular flexibility index (Phi) is 10.1. The summed E-state index contributed by atoms with van der Waals surface area (Å²) in [4.78, 5) is 34.2. The first kappa shape index (κ1) is 20.3. The van der Waals surface area contributed by atoms with E-state index in [-0.39, 0.29) is 12.3 Å². The maximum absolute atomic E-state index is 12.2. The summed E-state index contributed by atoms with van der Waals surface area (Å²) in [5.41, 5.74) is 5.41.